The van der Waals surface area contributed by atoms with E-state index in [2.05, 4.69) is 28.8 Å². The molecule has 0 fully saturated rings. The first kappa shape index (κ1) is 16.5. The van der Waals surface area contributed by atoms with Gasteiger partial charge in [-0.25, -0.2) is 4.57 Å². The molecule has 5 heteroatoms. The molecule has 0 aliphatic rings. The molecule has 122 valence electrons. The van der Waals surface area contributed by atoms with Crippen molar-refractivity contribution in [1.29, 1.82) is 0 Å². The molecule has 0 radical (unpaired) electrons. The SMILES string of the molecule is O=P(O)(O)Oc1ccc(C(c2ccccc2)c2ccccc2)cc1. The minimum atomic E-state index is -4.54. The minimum Gasteiger partial charge on any atom is -0.404 e. The van der Waals surface area contributed by atoms with Crippen LogP contribution in [-0.4, -0.2) is 9.79 Å². The van der Waals surface area contributed by atoms with Crippen LogP contribution in [0.3, 0.4) is 0 Å². The maximum Gasteiger partial charge on any atom is 0.524 e. The normalized spacial score (nSPS) is 11.5. The molecule has 0 atom stereocenters. The van der Waals surface area contributed by atoms with Gasteiger partial charge in [-0.15, -0.1) is 0 Å². The topological polar surface area (TPSA) is 66.8 Å². The second-order valence-corrected chi connectivity index (χ2v) is 6.57. The second kappa shape index (κ2) is 7.02. The van der Waals surface area contributed by atoms with Crippen LogP contribution in [0.1, 0.15) is 22.6 Å². The highest BCUT2D eigenvalue weighted by Crippen LogP contribution is 2.39. The van der Waals surface area contributed by atoms with Crippen LogP contribution in [0.5, 0.6) is 5.75 Å². The van der Waals surface area contributed by atoms with Gasteiger partial charge in [0, 0.05) is 5.92 Å². The van der Waals surface area contributed by atoms with Gasteiger partial charge in [0.15, 0.2) is 0 Å². The smallest absolute Gasteiger partial charge is 0.404 e. The Hall–Kier alpha value is -2.39. The largest absolute Gasteiger partial charge is 0.524 e. The number of rotatable bonds is 5. The third-order valence-corrected chi connectivity index (χ3v) is 4.15. The first-order chi connectivity index (χ1) is 11.5. The molecular formula is C19H17O4P. The Morgan fingerprint density at radius 1 is 0.667 bits per heavy atom. The molecule has 4 nitrogen and oxygen atoms in total. The predicted octanol–water partition coefficient (Wildman–Crippen LogP) is 4.34. The predicted molar refractivity (Wildman–Crippen MR) is 92.9 cm³/mol. The molecule has 24 heavy (non-hydrogen) atoms. The van der Waals surface area contributed by atoms with Crippen molar-refractivity contribution in [2.75, 3.05) is 0 Å². The van der Waals surface area contributed by atoms with Gasteiger partial charge in [0.25, 0.3) is 0 Å². The molecule has 3 aromatic rings. The first-order valence-corrected chi connectivity index (χ1v) is 9.01. The molecular weight excluding hydrogens is 323 g/mol. The summed E-state index contributed by atoms with van der Waals surface area (Å²) in [5, 5.41) is 0. The zero-order chi connectivity index (χ0) is 17.0. The molecule has 0 unspecified atom stereocenters. The second-order valence-electron chi connectivity index (χ2n) is 5.41. The van der Waals surface area contributed by atoms with Gasteiger partial charge in [-0.1, -0.05) is 72.8 Å². The third kappa shape index (κ3) is 4.12. The number of phosphoric ester groups is 1. The van der Waals surface area contributed by atoms with Gasteiger partial charge < -0.3 is 4.52 Å². The summed E-state index contributed by atoms with van der Waals surface area (Å²) in [6.07, 6.45) is 0. The van der Waals surface area contributed by atoms with Crippen molar-refractivity contribution in [1.82, 2.24) is 0 Å². The molecule has 0 spiro atoms. The summed E-state index contributed by atoms with van der Waals surface area (Å²) < 4.78 is 15.5. The number of benzene rings is 3. The molecule has 0 aromatic heterocycles. The molecule has 3 rings (SSSR count). The van der Waals surface area contributed by atoms with E-state index in [1.54, 1.807) is 12.1 Å². The van der Waals surface area contributed by atoms with Gasteiger partial charge in [-0.05, 0) is 28.8 Å². The fraction of sp³-hybridized carbons (Fsp3) is 0.0526. The first-order valence-electron chi connectivity index (χ1n) is 7.48. The lowest BCUT2D eigenvalue weighted by Crippen LogP contribution is -2.03. The highest BCUT2D eigenvalue weighted by molar-refractivity contribution is 7.46. The van der Waals surface area contributed by atoms with E-state index in [9.17, 15) is 4.57 Å². The third-order valence-electron chi connectivity index (χ3n) is 3.70. The summed E-state index contributed by atoms with van der Waals surface area (Å²) in [6, 6.07) is 27.0. The van der Waals surface area contributed by atoms with Crippen molar-refractivity contribution in [2.24, 2.45) is 0 Å². The Morgan fingerprint density at radius 3 is 1.50 bits per heavy atom. The minimum absolute atomic E-state index is 0.0384. The standard InChI is InChI=1S/C19H17O4P/c20-24(21,22)23-18-13-11-17(12-14-18)19(15-7-3-1-4-8-15)16-9-5-2-6-10-16/h1-14,19H,(H2,20,21,22). The van der Waals surface area contributed by atoms with Crippen molar-refractivity contribution >= 4 is 7.82 Å². The lowest BCUT2D eigenvalue weighted by Gasteiger charge is -2.19. The van der Waals surface area contributed by atoms with Gasteiger partial charge in [-0.2, -0.15) is 0 Å². The molecule has 0 heterocycles. The van der Waals surface area contributed by atoms with Crippen molar-refractivity contribution in [3.63, 3.8) is 0 Å². The van der Waals surface area contributed by atoms with Gasteiger partial charge in [0.05, 0.1) is 0 Å². The maximum atomic E-state index is 10.9. The molecule has 0 saturated heterocycles. The van der Waals surface area contributed by atoms with Crippen LogP contribution < -0.4 is 4.52 Å². The van der Waals surface area contributed by atoms with E-state index in [0.29, 0.717) is 0 Å². The fourth-order valence-electron chi connectivity index (χ4n) is 2.73. The Balaban J connectivity index is 1.99. The summed E-state index contributed by atoms with van der Waals surface area (Å²) in [7, 11) is -4.54. The number of phosphoric acid groups is 1. The van der Waals surface area contributed by atoms with Crippen molar-refractivity contribution in [2.45, 2.75) is 5.92 Å². The average molecular weight is 340 g/mol. The van der Waals surface area contributed by atoms with E-state index in [0.717, 1.165) is 16.7 Å². The van der Waals surface area contributed by atoms with Gasteiger partial charge >= 0.3 is 7.82 Å². The van der Waals surface area contributed by atoms with Crippen LogP contribution in [0.4, 0.5) is 0 Å². The van der Waals surface area contributed by atoms with Crippen LogP contribution in [0.15, 0.2) is 84.9 Å². The molecule has 0 saturated carbocycles. The Morgan fingerprint density at radius 2 is 1.08 bits per heavy atom. The number of hydrogen-bond donors (Lipinski definition) is 2. The van der Waals surface area contributed by atoms with Crippen molar-refractivity contribution < 1.29 is 18.9 Å². The average Bonchev–Trinajstić information content (AvgIpc) is 2.57. The van der Waals surface area contributed by atoms with Crippen molar-refractivity contribution in [3.8, 4) is 5.75 Å². The van der Waals surface area contributed by atoms with Crippen LogP contribution in [0.2, 0.25) is 0 Å². The quantitative estimate of drug-likeness (QED) is 0.536. The van der Waals surface area contributed by atoms with Crippen LogP contribution in [0, 0.1) is 0 Å². The maximum absolute atomic E-state index is 10.9. The highest BCUT2D eigenvalue weighted by atomic mass is 31.2. The van der Waals surface area contributed by atoms with Crippen LogP contribution in [0.25, 0.3) is 0 Å². The Bertz CT molecular complexity index is 787. The molecule has 0 aliphatic carbocycles. The zero-order valence-corrected chi connectivity index (χ0v) is 13.7. The molecule has 0 aliphatic heterocycles. The lowest BCUT2D eigenvalue weighted by atomic mass is 9.85. The summed E-state index contributed by atoms with van der Waals surface area (Å²) in [6.45, 7) is 0. The Labute approximate surface area is 140 Å². The number of hydrogen-bond acceptors (Lipinski definition) is 2. The molecule has 0 amide bonds. The summed E-state index contributed by atoms with van der Waals surface area (Å²) in [4.78, 5) is 17.8. The lowest BCUT2D eigenvalue weighted by molar-refractivity contribution is 0.283. The molecule has 0 bridgehead atoms. The van der Waals surface area contributed by atoms with E-state index in [-0.39, 0.29) is 11.7 Å². The van der Waals surface area contributed by atoms with Gasteiger partial charge in [-0.3, -0.25) is 9.79 Å². The van der Waals surface area contributed by atoms with E-state index >= 15 is 0 Å². The Kier molecular flexibility index (Phi) is 4.81. The molecule has 2 N–H and O–H groups in total. The zero-order valence-electron chi connectivity index (χ0n) is 12.8. The van der Waals surface area contributed by atoms with Crippen LogP contribution in [-0.2, 0) is 4.57 Å². The highest BCUT2D eigenvalue weighted by Gasteiger charge is 2.18. The van der Waals surface area contributed by atoms with E-state index < -0.39 is 7.82 Å². The fourth-order valence-corrected chi connectivity index (χ4v) is 3.12. The summed E-state index contributed by atoms with van der Waals surface area (Å²) in [5.41, 5.74) is 3.31. The van der Waals surface area contributed by atoms with Crippen molar-refractivity contribution in [3.05, 3.63) is 102 Å². The molecule has 3 aromatic carbocycles. The monoisotopic (exact) mass is 340 g/mol. The van der Waals surface area contributed by atoms with Gasteiger partial charge in [0.1, 0.15) is 5.75 Å². The van der Waals surface area contributed by atoms with E-state index in [1.807, 2.05) is 48.5 Å². The van der Waals surface area contributed by atoms with Crippen LogP contribution >= 0.6 is 7.82 Å². The van der Waals surface area contributed by atoms with E-state index in [4.69, 9.17) is 9.79 Å². The van der Waals surface area contributed by atoms with E-state index in [1.165, 1.54) is 0 Å². The summed E-state index contributed by atoms with van der Waals surface area (Å²) >= 11 is 0. The van der Waals surface area contributed by atoms with Gasteiger partial charge in [0.2, 0.25) is 0 Å². The summed E-state index contributed by atoms with van der Waals surface area (Å²) in [5.74, 6) is 0.184.